The summed E-state index contributed by atoms with van der Waals surface area (Å²) >= 11 is 0. The smallest absolute Gasteiger partial charge is 0.309 e. The van der Waals surface area contributed by atoms with Gasteiger partial charge in [-0.2, -0.15) is 0 Å². The van der Waals surface area contributed by atoms with Gasteiger partial charge in [0.1, 0.15) is 5.82 Å². The molecule has 0 atom stereocenters. The van der Waals surface area contributed by atoms with Crippen LogP contribution in [-0.2, 0) is 11.2 Å². The maximum Gasteiger partial charge on any atom is 0.309 e. The number of aliphatic carboxylic acids is 1. The van der Waals surface area contributed by atoms with Crippen LogP contribution >= 0.6 is 0 Å². The van der Waals surface area contributed by atoms with E-state index in [1.165, 1.54) is 6.07 Å². The van der Waals surface area contributed by atoms with Crippen molar-refractivity contribution in [1.82, 2.24) is 4.98 Å². The highest BCUT2D eigenvalue weighted by Gasteiger charge is 2.28. The van der Waals surface area contributed by atoms with E-state index in [9.17, 15) is 9.18 Å². The number of aryl methyl sites for hydroxylation is 1. The number of halogens is 1. The van der Waals surface area contributed by atoms with E-state index in [0.29, 0.717) is 5.56 Å². The van der Waals surface area contributed by atoms with Crippen molar-refractivity contribution in [1.29, 1.82) is 0 Å². The number of carboxylic acid groups (broad SMARTS) is 1. The van der Waals surface area contributed by atoms with E-state index in [1.54, 1.807) is 19.9 Å². The standard InChI is InChI=1S/C14H16FNO2/c1-8-4-9-5-11(15)10(6-12(9)16-8)7-14(2,3)13(17)18/h4-6,16H,7H2,1-3H3,(H,17,18). The first-order valence-corrected chi connectivity index (χ1v) is 5.81. The van der Waals surface area contributed by atoms with Gasteiger partial charge in [-0.05, 0) is 51.0 Å². The summed E-state index contributed by atoms with van der Waals surface area (Å²) in [5.74, 6) is -1.28. The van der Waals surface area contributed by atoms with Crippen molar-refractivity contribution in [2.24, 2.45) is 5.41 Å². The first kappa shape index (κ1) is 12.6. The van der Waals surface area contributed by atoms with Crippen LogP contribution in [0.15, 0.2) is 18.2 Å². The van der Waals surface area contributed by atoms with Gasteiger partial charge in [-0.15, -0.1) is 0 Å². The maximum absolute atomic E-state index is 13.9. The molecular formula is C14H16FNO2. The van der Waals surface area contributed by atoms with Gasteiger partial charge in [-0.25, -0.2) is 4.39 Å². The third-order valence-corrected chi connectivity index (χ3v) is 3.13. The first-order chi connectivity index (χ1) is 8.29. The van der Waals surface area contributed by atoms with Crippen molar-refractivity contribution >= 4 is 16.9 Å². The number of fused-ring (bicyclic) bond motifs is 1. The second kappa shape index (κ2) is 4.12. The van der Waals surface area contributed by atoms with Crippen LogP contribution in [0, 0.1) is 18.2 Å². The number of carbonyl (C=O) groups is 1. The number of carboxylic acids is 1. The third-order valence-electron chi connectivity index (χ3n) is 3.13. The molecule has 1 aromatic heterocycles. The van der Waals surface area contributed by atoms with Gasteiger partial charge >= 0.3 is 5.97 Å². The van der Waals surface area contributed by atoms with Crippen LogP contribution in [0.25, 0.3) is 10.9 Å². The summed E-state index contributed by atoms with van der Waals surface area (Å²) in [7, 11) is 0. The Morgan fingerprint density at radius 2 is 2.06 bits per heavy atom. The zero-order chi connectivity index (χ0) is 13.5. The van der Waals surface area contributed by atoms with E-state index in [2.05, 4.69) is 4.98 Å². The van der Waals surface area contributed by atoms with Crippen molar-refractivity contribution in [2.75, 3.05) is 0 Å². The highest BCUT2D eigenvalue weighted by Crippen LogP contribution is 2.27. The van der Waals surface area contributed by atoms with Crippen molar-refractivity contribution in [3.05, 3.63) is 35.3 Å². The molecule has 2 rings (SSSR count). The molecule has 4 heteroatoms. The van der Waals surface area contributed by atoms with Gasteiger partial charge in [0.2, 0.25) is 0 Å². The Bertz CT molecular complexity index is 614. The first-order valence-electron chi connectivity index (χ1n) is 5.81. The van der Waals surface area contributed by atoms with Crippen molar-refractivity contribution in [3.63, 3.8) is 0 Å². The third kappa shape index (κ3) is 2.23. The highest BCUT2D eigenvalue weighted by atomic mass is 19.1. The van der Waals surface area contributed by atoms with E-state index in [0.717, 1.165) is 16.6 Å². The average Bonchev–Trinajstić information content (AvgIpc) is 2.57. The molecule has 0 saturated heterocycles. The Labute approximate surface area is 105 Å². The molecule has 0 aliphatic carbocycles. The molecule has 0 bridgehead atoms. The second-order valence-corrected chi connectivity index (χ2v) is 5.35. The van der Waals surface area contributed by atoms with Crippen molar-refractivity contribution in [3.8, 4) is 0 Å². The fourth-order valence-electron chi connectivity index (χ4n) is 2.03. The van der Waals surface area contributed by atoms with Crippen molar-refractivity contribution < 1.29 is 14.3 Å². The predicted molar refractivity (Wildman–Crippen MR) is 68.1 cm³/mol. The zero-order valence-corrected chi connectivity index (χ0v) is 10.7. The maximum atomic E-state index is 13.9. The molecule has 0 aliphatic rings. The number of aromatic nitrogens is 1. The lowest BCUT2D eigenvalue weighted by Gasteiger charge is -2.19. The normalized spacial score (nSPS) is 12.0. The minimum atomic E-state index is -0.976. The molecule has 0 amide bonds. The van der Waals surface area contributed by atoms with E-state index < -0.39 is 11.4 Å². The molecule has 2 aromatic rings. The van der Waals surface area contributed by atoms with E-state index in [1.807, 2.05) is 13.0 Å². The number of hydrogen-bond acceptors (Lipinski definition) is 1. The SMILES string of the molecule is Cc1cc2cc(F)c(CC(C)(C)C(=O)O)cc2[nH]1. The molecular weight excluding hydrogens is 233 g/mol. The molecule has 1 aromatic carbocycles. The van der Waals surface area contributed by atoms with Crippen molar-refractivity contribution in [2.45, 2.75) is 27.2 Å². The van der Waals surface area contributed by atoms with E-state index in [4.69, 9.17) is 5.11 Å². The number of H-pyrrole nitrogens is 1. The van der Waals surface area contributed by atoms with Gasteiger partial charge in [-0.1, -0.05) is 0 Å². The summed E-state index contributed by atoms with van der Waals surface area (Å²) in [5.41, 5.74) is 1.25. The summed E-state index contributed by atoms with van der Waals surface area (Å²) in [6, 6.07) is 5.01. The Balaban J connectivity index is 2.45. The molecule has 2 N–H and O–H groups in total. The quantitative estimate of drug-likeness (QED) is 0.877. The highest BCUT2D eigenvalue weighted by molar-refractivity contribution is 5.81. The summed E-state index contributed by atoms with van der Waals surface area (Å²) in [4.78, 5) is 14.2. The van der Waals surface area contributed by atoms with Crippen LogP contribution in [0.1, 0.15) is 25.1 Å². The minimum absolute atomic E-state index is 0.169. The van der Waals surface area contributed by atoms with Crippen LogP contribution < -0.4 is 0 Å². The van der Waals surface area contributed by atoms with Crippen LogP contribution in [0.4, 0.5) is 4.39 Å². The van der Waals surface area contributed by atoms with Gasteiger partial charge in [0.15, 0.2) is 0 Å². The Morgan fingerprint density at radius 1 is 1.39 bits per heavy atom. The molecule has 0 aliphatic heterocycles. The molecule has 0 radical (unpaired) electrons. The van der Waals surface area contributed by atoms with Gasteiger partial charge in [-0.3, -0.25) is 4.79 Å². The Kier molecular flexibility index (Phi) is 2.89. The number of benzene rings is 1. The van der Waals surface area contributed by atoms with Gasteiger partial charge in [0, 0.05) is 16.6 Å². The van der Waals surface area contributed by atoms with E-state index >= 15 is 0 Å². The molecule has 0 unspecified atom stereocenters. The molecule has 96 valence electrons. The fraction of sp³-hybridized carbons (Fsp3) is 0.357. The Hall–Kier alpha value is -1.84. The van der Waals surface area contributed by atoms with Crippen LogP contribution in [0.5, 0.6) is 0 Å². The Morgan fingerprint density at radius 3 is 2.67 bits per heavy atom. The zero-order valence-electron chi connectivity index (χ0n) is 10.7. The molecule has 3 nitrogen and oxygen atoms in total. The minimum Gasteiger partial charge on any atom is -0.481 e. The number of rotatable bonds is 3. The molecule has 18 heavy (non-hydrogen) atoms. The molecule has 1 heterocycles. The number of hydrogen-bond donors (Lipinski definition) is 2. The topological polar surface area (TPSA) is 53.1 Å². The van der Waals surface area contributed by atoms with Gasteiger partial charge in [0.25, 0.3) is 0 Å². The molecule has 0 saturated carbocycles. The fourth-order valence-corrected chi connectivity index (χ4v) is 2.03. The monoisotopic (exact) mass is 249 g/mol. The number of aromatic amines is 1. The lowest BCUT2D eigenvalue weighted by Crippen LogP contribution is -2.26. The van der Waals surface area contributed by atoms with Crippen LogP contribution in [0.2, 0.25) is 0 Å². The van der Waals surface area contributed by atoms with Crippen LogP contribution in [0.3, 0.4) is 0 Å². The van der Waals surface area contributed by atoms with Gasteiger partial charge in [0.05, 0.1) is 5.41 Å². The summed E-state index contributed by atoms with van der Waals surface area (Å²) < 4.78 is 13.9. The van der Waals surface area contributed by atoms with Gasteiger partial charge < -0.3 is 10.1 Å². The summed E-state index contributed by atoms with van der Waals surface area (Å²) in [5, 5.41) is 9.89. The summed E-state index contributed by atoms with van der Waals surface area (Å²) in [6.07, 6.45) is 0.169. The molecule has 0 spiro atoms. The second-order valence-electron chi connectivity index (χ2n) is 5.35. The largest absolute Gasteiger partial charge is 0.481 e. The lowest BCUT2D eigenvalue weighted by molar-refractivity contribution is -0.146. The molecule has 0 fully saturated rings. The average molecular weight is 249 g/mol. The predicted octanol–water partition coefficient (Wildman–Crippen LogP) is 3.27. The van der Waals surface area contributed by atoms with E-state index in [-0.39, 0.29) is 12.2 Å². The number of nitrogens with one attached hydrogen (secondary N) is 1. The summed E-state index contributed by atoms with van der Waals surface area (Å²) in [6.45, 7) is 5.09. The lowest BCUT2D eigenvalue weighted by atomic mass is 9.85. The van der Waals surface area contributed by atoms with Crippen LogP contribution in [-0.4, -0.2) is 16.1 Å².